The zero-order valence-corrected chi connectivity index (χ0v) is 15.9. The van der Waals surface area contributed by atoms with Crippen LogP contribution in [0.2, 0.25) is 0 Å². The van der Waals surface area contributed by atoms with Crippen LogP contribution in [0.15, 0.2) is 71.3 Å². The predicted octanol–water partition coefficient (Wildman–Crippen LogP) is 1.05. The lowest BCUT2D eigenvalue weighted by Gasteiger charge is -2.35. The predicted molar refractivity (Wildman–Crippen MR) is 101 cm³/mol. The summed E-state index contributed by atoms with van der Waals surface area (Å²) < 4.78 is 32.1. The van der Waals surface area contributed by atoms with Crippen molar-refractivity contribution >= 4 is 21.8 Å². The number of amides is 2. The van der Waals surface area contributed by atoms with Crippen molar-refractivity contribution in [3.63, 3.8) is 0 Å². The van der Waals surface area contributed by atoms with Gasteiger partial charge < -0.3 is 15.4 Å². The molecule has 2 amide bonds. The summed E-state index contributed by atoms with van der Waals surface area (Å²) in [7, 11) is -2.65. The number of sulfonamides is 1. The Morgan fingerprint density at radius 3 is 2.32 bits per heavy atom. The molecule has 0 radical (unpaired) electrons. The van der Waals surface area contributed by atoms with E-state index in [2.05, 4.69) is 0 Å². The number of nitrogens with zero attached hydrogens (tertiary/aromatic N) is 2. The van der Waals surface area contributed by atoms with Crippen LogP contribution in [0.5, 0.6) is 5.75 Å². The fourth-order valence-corrected chi connectivity index (χ4v) is 4.21. The Morgan fingerprint density at radius 1 is 1.11 bits per heavy atom. The molecule has 0 spiro atoms. The van der Waals surface area contributed by atoms with Crippen LogP contribution in [0.1, 0.15) is 5.56 Å². The van der Waals surface area contributed by atoms with Crippen LogP contribution in [-0.2, 0) is 26.2 Å². The van der Waals surface area contributed by atoms with Gasteiger partial charge in [0, 0.05) is 12.6 Å². The molecule has 2 aromatic carbocycles. The number of carbonyl (C=O) groups excluding carboxylic acids is 2. The maximum absolute atomic E-state index is 13.1. The molecule has 3 rings (SSSR count). The van der Waals surface area contributed by atoms with Crippen LogP contribution in [0, 0.1) is 0 Å². The molecule has 0 aromatic heterocycles. The number of methoxy groups -OCH3 is 1. The standard InChI is InChI=1S/C19H19N3O5S/c1-27-15-7-9-16(10-8-15)28(25,26)22-13-21(12-14-5-3-2-4-6-14)18(23)11-17(22)19(20)24/h2-11H,12-13H2,1H3,(H2,20,24). The molecular formula is C19H19N3O5S. The fourth-order valence-electron chi connectivity index (χ4n) is 2.79. The first-order valence-corrected chi connectivity index (χ1v) is 9.78. The molecule has 146 valence electrons. The lowest BCUT2D eigenvalue weighted by molar-refractivity contribution is -0.130. The second-order valence-electron chi connectivity index (χ2n) is 6.09. The van der Waals surface area contributed by atoms with E-state index in [0.29, 0.717) is 5.75 Å². The average Bonchev–Trinajstić information content (AvgIpc) is 2.69. The van der Waals surface area contributed by atoms with Gasteiger partial charge in [0.15, 0.2) is 0 Å². The minimum Gasteiger partial charge on any atom is -0.497 e. The van der Waals surface area contributed by atoms with Gasteiger partial charge in [0.1, 0.15) is 18.1 Å². The Morgan fingerprint density at radius 2 is 1.75 bits per heavy atom. The first kappa shape index (κ1) is 19.4. The summed E-state index contributed by atoms with van der Waals surface area (Å²) in [5.74, 6) is -0.993. The first-order chi connectivity index (χ1) is 13.3. The zero-order valence-electron chi connectivity index (χ0n) is 15.1. The highest BCUT2D eigenvalue weighted by Gasteiger charge is 2.36. The van der Waals surface area contributed by atoms with Gasteiger partial charge in [0.2, 0.25) is 0 Å². The van der Waals surface area contributed by atoms with Gasteiger partial charge in [-0.15, -0.1) is 0 Å². The maximum atomic E-state index is 13.1. The molecule has 0 atom stereocenters. The Kier molecular flexibility index (Phi) is 5.36. The summed E-state index contributed by atoms with van der Waals surface area (Å²) in [4.78, 5) is 25.5. The monoisotopic (exact) mass is 401 g/mol. The molecule has 0 unspecified atom stereocenters. The Bertz CT molecular complexity index is 1020. The quantitative estimate of drug-likeness (QED) is 0.778. The molecule has 0 aliphatic carbocycles. The maximum Gasteiger partial charge on any atom is 0.266 e. The highest BCUT2D eigenvalue weighted by molar-refractivity contribution is 7.89. The van der Waals surface area contributed by atoms with Crippen LogP contribution in [-0.4, -0.2) is 43.2 Å². The Hall–Kier alpha value is -3.33. The third kappa shape index (κ3) is 3.84. The van der Waals surface area contributed by atoms with Gasteiger partial charge in [-0.05, 0) is 29.8 Å². The highest BCUT2D eigenvalue weighted by Crippen LogP contribution is 2.26. The summed E-state index contributed by atoms with van der Waals surface area (Å²) >= 11 is 0. The van der Waals surface area contributed by atoms with Crippen LogP contribution in [0.3, 0.4) is 0 Å². The molecule has 0 saturated heterocycles. The van der Waals surface area contributed by atoms with E-state index in [-0.39, 0.29) is 23.8 Å². The molecular weight excluding hydrogens is 382 g/mol. The van der Waals surface area contributed by atoms with E-state index in [4.69, 9.17) is 10.5 Å². The van der Waals surface area contributed by atoms with Crippen molar-refractivity contribution in [3.8, 4) is 5.75 Å². The van der Waals surface area contributed by atoms with Crippen molar-refractivity contribution < 1.29 is 22.7 Å². The van der Waals surface area contributed by atoms with Gasteiger partial charge in [-0.1, -0.05) is 30.3 Å². The second-order valence-corrected chi connectivity index (χ2v) is 7.95. The van der Waals surface area contributed by atoms with Crippen LogP contribution in [0.4, 0.5) is 0 Å². The Balaban J connectivity index is 1.97. The number of nitrogens with two attached hydrogens (primary N) is 1. The van der Waals surface area contributed by atoms with E-state index in [1.807, 2.05) is 30.3 Å². The molecule has 0 saturated carbocycles. The summed E-state index contributed by atoms with van der Waals surface area (Å²) in [5, 5.41) is 0. The van der Waals surface area contributed by atoms with Crippen molar-refractivity contribution in [2.45, 2.75) is 11.4 Å². The molecule has 2 N–H and O–H groups in total. The normalized spacial score (nSPS) is 14.6. The van der Waals surface area contributed by atoms with Crippen molar-refractivity contribution in [1.82, 2.24) is 9.21 Å². The van der Waals surface area contributed by atoms with Crippen molar-refractivity contribution in [2.75, 3.05) is 13.8 Å². The minimum absolute atomic E-state index is 0.0468. The van der Waals surface area contributed by atoms with E-state index in [1.165, 1.54) is 36.3 Å². The zero-order chi connectivity index (χ0) is 20.3. The number of hydrogen-bond donors (Lipinski definition) is 1. The lowest BCUT2D eigenvalue weighted by Crippen LogP contribution is -2.49. The molecule has 0 fully saturated rings. The molecule has 2 aromatic rings. The fraction of sp³-hybridized carbons (Fsp3) is 0.158. The smallest absolute Gasteiger partial charge is 0.266 e. The third-order valence-corrected chi connectivity index (χ3v) is 6.02. The molecule has 8 nitrogen and oxygen atoms in total. The summed E-state index contributed by atoms with van der Waals surface area (Å²) in [6.07, 6.45) is 0.954. The molecule has 1 aliphatic rings. The molecule has 1 heterocycles. The summed E-state index contributed by atoms with van der Waals surface area (Å²) in [6, 6.07) is 14.9. The molecule has 28 heavy (non-hydrogen) atoms. The van der Waals surface area contributed by atoms with Gasteiger partial charge >= 0.3 is 0 Å². The van der Waals surface area contributed by atoms with Crippen molar-refractivity contribution in [1.29, 1.82) is 0 Å². The van der Waals surface area contributed by atoms with E-state index >= 15 is 0 Å². The van der Waals surface area contributed by atoms with Crippen LogP contribution < -0.4 is 10.5 Å². The summed E-state index contributed by atoms with van der Waals surface area (Å²) in [6.45, 7) is -0.131. The van der Waals surface area contributed by atoms with Crippen molar-refractivity contribution in [2.24, 2.45) is 5.73 Å². The van der Waals surface area contributed by atoms with Gasteiger partial charge in [-0.25, -0.2) is 12.7 Å². The number of hydrogen-bond acceptors (Lipinski definition) is 5. The average molecular weight is 401 g/mol. The number of ether oxygens (including phenoxy) is 1. The SMILES string of the molecule is COc1ccc(S(=O)(=O)N2CN(Cc3ccccc3)C(=O)C=C2C(N)=O)cc1. The van der Waals surface area contributed by atoms with E-state index in [0.717, 1.165) is 15.9 Å². The van der Waals surface area contributed by atoms with Gasteiger partial charge in [-0.3, -0.25) is 9.59 Å². The minimum atomic E-state index is -4.12. The van der Waals surface area contributed by atoms with E-state index in [1.54, 1.807) is 0 Å². The molecule has 9 heteroatoms. The molecule has 1 aliphatic heterocycles. The Labute approximate surface area is 162 Å². The highest BCUT2D eigenvalue weighted by atomic mass is 32.2. The number of carbonyl (C=O) groups is 2. The number of rotatable bonds is 6. The largest absolute Gasteiger partial charge is 0.497 e. The first-order valence-electron chi connectivity index (χ1n) is 8.34. The lowest BCUT2D eigenvalue weighted by atomic mass is 10.2. The van der Waals surface area contributed by atoms with E-state index in [9.17, 15) is 18.0 Å². The number of primary amides is 1. The third-order valence-electron chi connectivity index (χ3n) is 4.26. The van der Waals surface area contributed by atoms with Gasteiger partial charge in [-0.2, -0.15) is 0 Å². The topological polar surface area (TPSA) is 110 Å². The van der Waals surface area contributed by atoms with Crippen molar-refractivity contribution in [3.05, 3.63) is 71.9 Å². The molecule has 0 bridgehead atoms. The summed E-state index contributed by atoms with van der Waals surface area (Å²) in [5.41, 5.74) is 5.79. The van der Waals surface area contributed by atoms with Crippen LogP contribution >= 0.6 is 0 Å². The second kappa shape index (κ2) is 7.73. The van der Waals surface area contributed by atoms with Crippen LogP contribution in [0.25, 0.3) is 0 Å². The van der Waals surface area contributed by atoms with Gasteiger partial charge in [0.25, 0.3) is 21.8 Å². The number of benzene rings is 2. The van der Waals surface area contributed by atoms with Gasteiger partial charge in [0.05, 0.1) is 12.0 Å². The van der Waals surface area contributed by atoms with E-state index < -0.39 is 21.8 Å².